The van der Waals surface area contributed by atoms with Gasteiger partial charge in [-0.3, -0.25) is 0 Å². The molecule has 29 heavy (non-hydrogen) atoms. The molecular formula is C23H23ClN2O2S. The van der Waals surface area contributed by atoms with Crippen molar-refractivity contribution in [2.24, 2.45) is 0 Å². The van der Waals surface area contributed by atoms with Crippen molar-refractivity contribution in [2.45, 2.75) is 0 Å². The van der Waals surface area contributed by atoms with Crippen LogP contribution in [0, 0.1) is 0 Å². The fraction of sp³-hybridized carbons (Fsp3) is 0.174. The zero-order valence-corrected chi connectivity index (χ0v) is 17.5. The number of nitrogens with one attached hydrogen (secondary N) is 1. The number of halogens is 1. The van der Waals surface area contributed by atoms with Crippen molar-refractivity contribution >= 4 is 34.6 Å². The maximum Gasteiger partial charge on any atom is 0.173 e. The molecule has 0 aromatic heterocycles. The Labute approximate surface area is 182 Å². The molecule has 6 heteroatoms. The highest BCUT2D eigenvalue weighted by molar-refractivity contribution is 7.80. The largest absolute Gasteiger partial charge is 0.492 e. The van der Waals surface area contributed by atoms with Crippen molar-refractivity contribution in [2.75, 3.05) is 31.6 Å². The van der Waals surface area contributed by atoms with E-state index in [0.29, 0.717) is 36.4 Å². The summed E-state index contributed by atoms with van der Waals surface area (Å²) in [6.45, 7) is 2.26. The monoisotopic (exact) mass is 426 g/mol. The molecule has 1 N–H and O–H groups in total. The van der Waals surface area contributed by atoms with Gasteiger partial charge < -0.3 is 19.7 Å². The SMILES string of the molecule is S=C(Nc1cccc(Cl)c1)N(CCOc1ccccc1)CCOc1ccccc1. The Morgan fingerprint density at radius 1 is 0.793 bits per heavy atom. The van der Waals surface area contributed by atoms with Gasteiger partial charge in [0.05, 0.1) is 13.1 Å². The average Bonchev–Trinajstić information content (AvgIpc) is 2.74. The zero-order chi connectivity index (χ0) is 20.3. The number of hydrogen-bond donors (Lipinski definition) is 1. The Morgan fingerprint density at radius 2 is 1.34 bits per heavy atom. The number of anilines is 1. The van der Waals surface area contributed by atoms with Crippen LogP contribution in [0.15, 0.2) is 84.9 Å². The second-order valence-corrected chi connectivity index (χ2v) is 7.07. The van der Waals surface area contributed by atoms with Crippen LogP contribution in [0.1, 0.15) is 0 Å². The molecule has 3 aromatic rings. The summed E-state index contributed by atoms with van der Waals surface area (Å²) in [6.07, 6.45) is 0. The Kier molecular flexibility index (Phi) is 8.16. The van der Waals surface area contributed by atoms with E-state index in [9.17, 15) is 0 Å². The van der Waals surface area contributed by atoms with Crippen LogP contribution in [-0.4, -0.2) is 36.3 Å². The fourth-order valence-electron chi connectivity index (χ4n) is 2.66. The van der Waals surface area contributed by atoms with Gasteiger partial charge in [0, 0.05) is 10.7 Å². The molecule has 0 unspecified atom stereocenters. The van der Waals surface area contributed by atoms with Crippen LogP contribution in [0.25, 0.3) is 0 Å². The van der Waals surface area contributed by atoms with Crippen molar-refractivity contribution in [3.8, 4) is 11.5 Å². The van der Waals surface area contributed by atoms with Gasteiger partial charge in [0.25, 0.3) is 0 Å². The predicted octanol–water partition coefficient (Wildman–Crippen LogP) is 5.50. The minimum absolute atomic E-state index is 0.507. The summed E-state index contributed by atoms with van der Waals surface area (Å²) in [5.74, 6) is 1.67. The molecule has 0 atom stereocenters. The van der Waals surface area contributed by atoms with E-state index in [0.717, 1.165) is 17.2 Å². The van der Waals surface area contributed by atoms with E-state index in [2.05, 4.69) is 5.32 Å². The molecule has 0 fully saturated rings. The van der Waals surface area contributed by atoms with Crippen LogP contribution >= 0.6 is 23.8 Å². The fourth-order valence-corrected chi connectivity index (χ4v) is 3.16. The van der Waals surface area contributed by atoms with E-state index in [1.54, 1.807) is 0 Å². The van der Waals surface area contributed by atoms with Gasteiger partial charge in [-0.25, -0.2) is 0 Å². The predicted molar refractivity (Wildman–Crippen MR) is 123 cm³/mol. The van der Waals surface area contributed by atoms with Gasteiger partial charge >= 0.3 is 0 Å². The van der Waals surface area contributed by atoms with Crippen molar-refractivity contribution in [3.05, 3.63) is 90.0 Å². The van der Waals surface area contributed by atoms with Gasteiger partial charge in [0.15, 0.2) is 5.11 Å². The average molecular weight is 427 g/mol. The van der Waals surface area contributed by atoms with Crippen LogP contribution in [-0.2, 0) is 0 Å². The molecule has 0 amide bonds. The Morgan fingerprint density at radius 3 is 1.86 bits per heavy atom. The molecule has 0 aliphatic heterocycles. The smallest absolute Gasteiger partial charge is 0.173 e. The zero-order valence-electron chi connectivity index (χ0n) is 16.0. The second-order valence-electron chi connectivity index (χ2n) is 6.25. The van der Waals surface area contributed by atoms with Crippen LogP contribution in [0.3, 0.4) is 0 Å². The van der Waals surface area contributed by atoms with E-state index in [4.69, 9.17) is 33.3 Å². The minimum Gasteiger partial charge on any atom is -0.492 e. The maximum absolute atomic E-state index is 6.07. The van der Waals surface area contributed by atoms with Gasteiger partial charge in [0.2, 0.25) is 0 Å². The number of benzene rings is 3. The first-order chi connectivity index (χ1) is 14.2. The molecule has 3 aromatic carbocycles. The first-order valence-corrected chi connectivity index (χ1v) is 10.2. The maximum atomic E-state index is 6.07. The van der Waals surface area contributed by atoms with E-state index in [-0.39, 0.29) is 0 Å². The molecule has 0 heterocycles. The third kappa shape index (κ3) is 7.29. The van der Waals surface area contributed by atoms with Gasteiger partial charge in [-0.15, -0.1) is 0 Å². The molecule has 150 valence electrons. The molecule has 0 aliphatic carbocycles. The summed E-state index contributed by atoms with van der Waals surface area (Å²) in [6, 6.07) is 27.0. The lowest BCUT2D eigenvalue weighted by molar-refractivity contribution is 0.234. The Bertz CT molecular complexity index is 848. The lowest BCUT2D eigenvalue weighted by atomic mass is 10.3. The van der Waals surface area contributed by atoms with Gasteiger partial charge in [-0.2, -0.15) is 0 Å². The quantitative estimate of drug-likeness (QED) is 0.457. The second kappa shape index (κ2) is 11.3. The number of rotatable bonds is 9. The topological polar surface area (TPSA) is 33.7 Å². The molecule has 4 nitrogen and oxygen atoms in total. The van der Waals surface area contributed by atoms with Crippen molar-refractivity contribution in [1.29, 1.82) is 0 Å². The third-order valence-electron chi connectivity index (χ3n) is 4.11. The summed E-state index contributed by atoms with van der Waals surface area (Å²) in [7, 11) is 0. The van der Waals surface area contributed by atoms with Crippen molar-refractivity contribution in [1.82, 2.24) is 4.90 Å². The molecule has 0 saturated carbocycles. The van der Waals surface area contributed by atoms with Crippen LogP contribution < -0.4 is 14.8 Å². The highest BCUT2D eigenvalue weighted by Gasteiger charge is 2.11. The first kappa shape index (κ1) is 21.0. The Hall–Kier alpha value is -2.76. The normalized spacial score (nSPS) is 10.2. The molecule has 0 radical (unpaired) electrons. The first-order valence-electron chi connectivity index (χ1n) is 9.38. The van der Waals surface area contributed by atoms with Crippen molar-refractivity contribution in [3.63, 3.8) is 0 Å². The molecule has 0 aliphatic rings. The van der Waals surface area contributed by atoms with E-state index < -0.39 is 0 Å². The minimum atomic E-state index is 0.507. The number of para-hydroxylation sites is 2. The van der Waals surface area contributed by atoms with Crippen LogP contribution in [0.4, 0.5) is 5.69 Å². The third-order valence-corrected chi connectivity index (χ3v) is 4.70. The van der Waals surface area contributed by atoms with Crippen LogP contribution in [0.2, 0.25) is 5.02 Å². The lowest BCUT2D eigenvalue weighted by Gasteiger charge is -2.26. The highest BCUT2D eigenvalue weighted by Crippen LogP contribution is 2.16. The molecular weight excluding hydrogens is 404 g/mol. The number of ether oxygens (including phenoxy) is 2. The van der Waals surface area contributed by atoms with Gasteiger partial charge in [-0.1, -0.05) is 54.1 Å². The Balaban J connectivity index is 1.57. The molecule has 0 saturated heterocycles. The molecule has 0 spiro atoms. The van der Waals surface area contributed by atoms with E-state index in [1.165, 1.54) is 0 Å². The van der Waals surface area contributed by atoms with E-state index in [1.807, 2.05) is 89.8 Å². The van der Waals surface area contributed by atoms with Gasteiger partial charge in [-0.05, 0) is 54.7 Å². The molecule has 0 bridgehead atoms. The summed E-state index contributed by atoms with van der Waals surface area (Å²) in [4.78, 5) is 2.03. The number of thiocarbonyl (C=S) groups is 1. The summed E-state index contributed by atoms with van der Waals surface area (Å²) >= 11 is 11.7. The summed E-state index contributed by atoms with van der Waals surface area (Å²) in [5, 5.41) is 4.50. The summed E-state index contributed by atoms with van der Waals surface area (Å²) in [5.41, 5.74) is 0.848. The number of hydrogen-bond acceptors (Lipinski definition) is 3. The van der Waals surface area contributed by atoms with E-state index >= 15 is 0 Å². The highest BCUT2D eigenvalue weighted by atomic mass is 35.5. The van der Waals surface area contributed by atoms with Crippen LogP contribution in [0.5, 0.6) is 11.5 Å². The standard InChI is InChI=1S/C23H23ClN2O2S/c24-19-8-7-9-20(18-19)25-23(29)26(14-16-27-21-10-3-1-4-11-21)15-17-28-22-12-5-2-6-13-22/h1-13,18H,14-17H2,(H,25,29). The van der Waals surface area contributed by atoms with Crippen molar-refractivity contribution < 1.29 is 9.47 Å². The lowest BCUT2D eigenvalue weighted by Crippen LogP contribution is -2.40. The molecule has 3 rings (SSSR count). The summed E-state index contributed by atoms with van der Waals surface area (Å²) < 4.78 is 11.7. The van der Waals surface area contributed by atoms with Gasteiger partial charge in [0.1, 0.15) is 24.7 Å². The number of nitrogens with zero attached hydrogens (tertiary/aromatic N) is 1.